The van der Waals surface area contributed by atoms with Crippen molar-refractivity contribution in [2.45, 2.75) is 13.5 Å². The lowest BCUT2D eigenvalue weighted by atomic mass is 10.1. The predicted octanol–water partition coefficient (Wildman–Crippen LogP) is 1.14. The fourth-order valence-electron chi connectivity index (χ4n) is 3.01. The Bertz CT molecular complexity index is 1050. The molecule has 11 heteroatoms. The van der Waals surface area contributed by atoms with E-state index in [0.29, 0.717) is 48.5 Å². The number of pyridine rings is 2. The average Bonchev–Trinajstić information content (AvgIpc) is 2.76. The molecule has 3 heterocycles. The lowest BCUT2D eigenvalue weighted by Gasteiger charge is -2.27. The highest BCUT2D eigenvalue weighted by molar-refractivity contribution is 6.08. The monoisotopic (exact) mass is 438 g/mol. The molecular formula is C21H26N8O3. The van der Waals surface area contributed by atoms with Gasteiger partial charge in [0.15, 0.2) is 0 Å². The largest absolute Gasteiger partial charge is 0.481 e. The molecule has 168 valence electrons. The second kappa shape index (κ2) is 10.4. The van der Waals surface area contributed by atoms with Crippen molar-refractivity contribution in [2.75, 3.05) is 32.2 Å². The number of aromatic nitrogens is 2. The number of carbonyl (C=O) groups excluding carboxylic acids is 1. The summed E-state index contributed by atoms with van der Waals surface area (Å²) in [5, 5.41) is 3.19. The van der Waals surface area contributed by atoms with E-state index in [0.717, 1.165) is 5.56 Å². The molecule has 0 aromatic carbocycles. The van der Waals surface area contributed by atoms with Crippen molar-refractivity contribution in [1.29, 1.82) is 0 Å². The van der Waals surface area contributed by atoms with Gasteiger partial charge in [-0.1, -0.05) is 6.58 Å². The average molecular weight is 438 g/mol. The molecule has 0 radical (unpaired) electrons. The van der Waals surface area contributed by atoms with Gasteiger partial charge < -0.3 is 31.2 Å². The maximum Gasteiger partial charge on any atom is 0.248 e. The molecule has 1 aliphatic rings. The number of methoxy groups -OCH3 is 1. The van der Waals surface area contributed by atoms with Crippen LogP contribution in [0.15, 0.2) is 53.0 Å². The van der Waals surface area contributed by atoms with Crippen LogP contribution in [-0.4, -0.2) is 59.3 Å². The minimum Gasteiger partial charge on any atom is -0.481 e. The van der Waals surface area contributed by atoms with E-state index in [-0.39, 0.29) is 24.2 Å². The van der Waals surface area contributed by atoms with Crippen molar-refractivity contribution < 1.29 is 14.3 Å². The fraction of sp³-hybridized carbons (Fsp3) is 0.286. The van der Waals surface area contributed by atoms with Gasteiger partial charge in [-0.15, -0.1) is 0 Å². The second-order valence-electron chi connectivity index (χ2n) is 6.97. The van der Waals surface area contributed by atoms with E-state index < -0.39 is 0 Å². The summed E-state index contributed by atoms with van der Waals surface area (Å²) in [6.07, 6.45) is 3.30. The molecule has 0 spiro atoms. The van der Waals surface area contributed by atoms with Crippen LogP contribution in [-0.2, 0) is 16.1 Å². The third kappa shape index (κ3) is 6.01. The molecule has 0 unspecified atom stereocenters. The molecule has 32 heavy (non-hydrogen) atoms. The Balaban J connectivity index is 1.94. The highest BCUT2D eigenvalue weighted by Crippen LogP contribution is 2.21. The van der Waals surface area contributed by atoms with Crippen LogP contribution in [0.4, 0.5) is 11.5 Å². The third-order valence-electron chi connectivity index (χ3n) is 4.47. The minimum absolute atomic E-state index is 0.0737. The number of aliphatic imine (C=N–C) groups is 2. The number of nitrogens with zero attached hydrogens (tertiary/aromatic N) is 5. The number of amides is 1. The van der Waals surface area contributed by atoms with Gasteiger partial charge in [-0.05, 0) is 24.6 Å². The number of hydrogen-bond donors (Lipinski definition) is 3. The molecule has 1 aliphatic heterocycles. The number of morpholine rings is 1. The van der Waals surface area contributed by atoms with Crippen molar-refractivity contribution in [3.8, 4) is 5.88 Å². The zero-order chi connectivity index (χ0) is 23.1. The quantitative estimate of drug-likeness (QED) is 0.430. The van der Waals surface area contributed by atoms with Crippen molar-refractivity contribution in [3.05, 3.63) is 54.1 Å². The van der Waals surface area contributed by atoms with Gasteiger partial charge in [0, 0.05) is 25.4 Å². The molecule has 1 fully saturated rings. The summed E-state index contributed by atoms with van der Waals surface area (Å²) in [5.74, 6) is 1.54. The van der Waals surface area contributed by atoms with Gasteiger partial charge in [-0.3, -0.25) is 4.79 Å². The number of ether oxygens (including phenoxy) is 2. The summed E-state index contributed by atoms with van der Waals surface area (Å²) in [7, 11) is 1.55. The summed E-state index contributed by atoms with van der Waals surface area (Å²) < 4.78 is 10.3. The van der Waals surface area contributed by atoms with Crippen LogP contribution < -0.4 is 21.5 Å². The first-order chi connectivity index (χ1) is 15.4. The number of nitrogens with two attached hydrogens (primary N) is 2. The van der Waals surface area contributed by atoms with Crippen molar-refractivity contribution in [3.63, 3.8) is 0 Å². The number of amidine groups is 2. The van der Waals surface area contributed by atoms with Crippen molar-refractivity contribution >= 4 is 29.1 Å². The molecule has 0 saturated carbocycles. The van der Waals surface area contributed by atoms with Crippen LogP contribution in [0.5, 0.6) is 5.88 Å². The van der Waals surface area contributed by atoms with E-state index in [4.69, 9.17) is 20.9 Å². The summed E-state index contributed by atoms with van der Waals surface area (Å²) in [6, 6.07) is 5.36. The number of hydrogen-bond acceptors (Lipinski definition) is 8. The van der Waals surface area contributed by atoms with Crippen LogP contribution in [0.2, 0.25) is 0 Å². The summed E-state index contributed by atoms with van der Waals surface area (Å²) >= 11 is 0. The Morgan fingerprint density at radius 3 is 2.78 bits per heavy atom. The standard InChI is InChI=1S/C21H26N8O3/c1-13(22)26-14(2)27-20(23)17-8-15(11-29-6-7-32-12-19(29)30)9-25-21(17)28-16-4-5-18(31-3)24-10-16/h4-5,8-10H,1,6-7,11-12,22H2,2-3H3,(H,25,28)(H2,23,26,27). The van der Waals surface area contributed by atoms with E-state index in [1.54, 1.807) is 43.5 Å². The molecule has 0 atom stereocenters. The summed E-state index contributed by atoms with van der Waals surface area (Å²) in [6.45, 7) is 6.67. The van der Waals surface area contributed by atoms with Crippen LogP contribution in [0.1, 0.15) is 18.1 Å². The van der Waals surface area contributed by atoms with Gasteiger partial charge in [0.05, 0.1) is 31.2 Å². The fourth-order valence-corrected chi connectivity index (χ4v) is 3.01. The van der Waals surface area contributed by atoms with Crippen molar-refractivity contribution in [2.24, 2.45) is 21.5 Å². The van der Waals surface area contributed by atoms with Crippen LogP contribution >= 0.6 is 0 Å². The Hall–Kier alpha value is -3.99. The van der Waals surface area contributed by atoms with Crippen molar-refractivity contribution in [1.82, 2.24) is 14.9 Å². The number of anilines is 2. The minimum atomic E-state index is -0.0737. The van der Waals surface area contributed by atoms with E-state index >= 15 is 0 Å². The van der Waals surface area contributed by atoms with Crippen LogP contribution in [0.25, 0.3) is 0 Å². The lowest BCUT2D eigenvalue weighted by molar-refractivity contribution is -0.143. The second-order valence-corrected chi connectivity index (χ2v) is 6.97. The first-order valence-corrected chi connectivity index (χ1v) is 9.81. The third-order valence-corrected chi connectivity index (χ3v) is 4.47. The smallest absolute Gasteiger partial charge is 0.248 e. The molecule has 0 bridgehead atoms. The maximum absolute atomic E-state index is 12.1. The van der Waals surface area contributed by atoms with Gasteiger partial charge in [0.25, 0.3) is 0 Å². The van der Waals surface area contributed by atoms with Gasteiger partial charge in [0.2, 0.25) is 11.8 Å². The Morgan fingerprint density at radius 2 is 2.12 bits per heavy atom. The normalized spacial score (nSPS) is 14.9. The lowest BCUT2D eigenvalue weighted by Crippen LogP contribution is -2.41. The molecule has 3 rings (SSSR count). The van der Waals surface area contributed by atoms with E-state index in [2.05, 4.69) is 31.8 Å². The number of nitrogens with one attached hydrogen (secondary N) is 1. The molecule has 5 N–H and O–H groups in total. The molecular weight excluding hydrogens is 412 g/mol. The Kier molecular flexibility index (Phi) is 7.34. The van der Waals surface area contributed by atoms with E-state index in [1.165, 1.54) is 0 Å². The zero-order valence-electron chi connectivity index (χ0n) is 18.0. The zero-order valence-corrected chi connectivity index (χ0v) is 18.0. The van der Waals surface area contributed by atoms with Gasteiger partial charge >= 0.3 is 0 Å². The number of rotatable bonds is 7. The predicted molar refractivity (Wildman–Crippen MR) is 122 cm³/mol. The Morgan fingerprint density at radius 1 is 1.31 bits per heavy atom. The van der Waals surface area contributed by atoms with Gasteiger partial charge in [-0.25, -0.2) is 20.0 Å². The first kappa shape index (κ1) is 22.7. The van der Waals surface area contributed by atoms with Crippen LogP contribution in [0.3, 0.4) is 0 Å². The maximum atomic E-state index is 12.1. The molecule has 11 nitrogen and oxygen atoms in total. The molecule has 2 aromatic rings. The molecule has 1 amide bonds. The highest BCUT2D eigenvalue weighted by atomic mass is 16.5. The summed E-state index contributed by atoms with van der Waals surface area (Å²) in [5.41, 5.74) is 13.8. The summed E-state index contributed by atoms with van der Waals surface area (Å²) in [4.78, 5) is 30.8. The topological polar surface area (TPSA) is 153 Å². The van der Waals surface area contributed by atoms with Crippen LogP contribution in [0, 0.1) is 0 Å². The SMILES string of the molecule is C=C(N)N=C(C)N=C(N)c1cc(CN2CCOCC2=O)cnc1Nc1ccc(OC)nc1. The van der Waals surface area contributed by atoms with Gasteiger partial charge in [-0.2, -0.15) is 0 Å². The Labute approximate surface area is 185 Å². The van der Waals surface area contributed by atoms with E-state index in [1.807, 2.05) is 6.07 Å². The van der Waals surface area contributed by atoms with E-state index in [9.17, 15) is 4.79 Å². The molecule has 1 saturated heterocycles. The van der Waals surface area contributed by atoms with Gasteiger partial charge in [0.1, 0.15) is 29.9 Å². The molecule has 0 aliphatic carbocycles. The number of carbonyl (C=O) groups is 1. The highest BCUT2D eigenvalue weighted by Gasteiger charge is 2.20. The first-order valence-electron chi connectivity index (χ1n) is 9.81. The molecule has 2 aromatic heterocycles.